The van der Waals surface area contributed by atoms with Crippen molar-refractivity contribution < 1.29 is 9.53 Å². The Hall–Kier alpha value is -2.01. The second-order valence-corrected chi connectivity index (χ2v) is 6.31. The molecule has 0 unspecified atom stereocenters. The molecular formula is C17H17BrN2O2. The maximum absolute atomic E-state index is 12.2. The van der Waals surface area contributed by atoms with Crippen LogP contribution >= 0.6 is 15.9 Å². The Morgan fingerprint density at radius 2 is 1.73 bits per heavy atom. The van der Waals surface area contributed by atoms with Gasteiger partial charge in [-0.05, 0) is 54.8 Å². The Morgan fingerprint density at radius 3 is 2.27 bits per heavy atom. The van der Waals surface area contributed by atoms with E-state index in [1.807, 2.05) is 48.5 Å². The van der Waals surface area contributed by atoms with Gasteiger partial charge in [-0.3, -0.25) is 0 Å². The summed E-state index contributed by atoms with van der Waals surface area (Å²) in [6, 6.07) is 15.2. The molecule has 0 radical (unpaired) electrons. The average Bonchev–Trinajstić information content (AvgIpc) is 3.29. The van der Waals surface area contributed by atoms with Crippen LogP contribution in [0.15, 0.2) is 53.0 Å². The molecular weight excluding hydrogens is 344 g/mol. The summed E-state index contributed by atoms with van der Waals surface area (Å²) in [5, 5.41) is 5.94. The van der Waals surface area contributed by atoms with Crippen molar-refractivity contribution in [1.82, 2.24) is 5.32 Å². The summed E-state index contributed by atoms with van der Waals surface area (Å²) in [5.74, 6) is 0.763. The fraction of sp³-hybridized carbons (Fsp3) is 0.235. The lowest BCUT2D eigenvalue weighted by molar-refractivity contribution is 0.247. The quantitative estimate of drug-likeness (QED) is 0.855. The highest BCUT2D eigenvalue weighted by atomic mass is 79.9. The average molecular weight is 361 g/mol. The van der Waals surface area contributed by atoms with Gasteiger partial charge in [0.05, 0.1) is 12.6 Å². The SMILES string of the molecule is COc1ccc(NC(=O)NC2(c3ccc(Br)cc3)CC2)cc1. The summed E-state index contributed by atoms with van der Waals surface area (Å²) >= 11 is 3.43. The minimum Gasteiger partial charge on any atom is -0.497 e. The van der Waals surface area contributed by atoms with E-state index in [-0.39, 0.29) is 11.6 Å². The highest BCUT2D eigenvalue weighted by Crippen LogP contribution is 2.45. The molecule has 2 amide bonds. The first-order chi connectivity index (χ1) is 10.6. The molecule has 0 bridgehead atoms. The molecule has 3 rings (SSSR count). The third-order valence-corrected chi connectivity index (χ3v) is 4.38. The predicted molar refractivity (Wildman–Crippen MR) is 90.2 cm³/mol. The summed E-state index contributed by atoms with van der Waals surface area (Å²) in [7, 11) is 1.62. The van der Waals surface area contributed by atoms with Gasteiger partial charge in [-0.1, -0.05) is 28.1 Å². The number of hydrogen-bond acceptors (Lipinski definition) is 2. The minimum atomic E-state index is -0.225. The van der Waals surface area contributed by atoms with Gasteiger partial charge in [0.1, 0.15) is 5.75 Å². The smallest absolute Gasteiger partial charge is 0.319 e. The van der Waals surface area contributed by atoms with Crippen molar-refractivity contribution in [3.63, 3.8) is 0 Å². The Kier molecular flexibility index (Phi) is 4.07. The molecule has 1 aliphatic carbocycles. The van der Waals surface area contributed by atoms with Crippen LogP contribution in [0.1, 0.15) is 18.4 Å². The van der Waals surface area contributed by atoms with E-state index in [4.69, 9.17) is 4.74 Å². The van der Waals surface area contributed by atoms with Gasteiger partial charge >= 0.3 is 6.03 Å². The zero-order chi connectivity index (χ0) is 15.6. The summed E-state index contributed by atoms with van der Waals surface area (Å²) in [6.07, 6.45) is 1.93. The van der Waals surface area contributed by atoms with Gasteiger partial charge in [-0.25, -0.2) is 4.79 Å². The summed E-state index contributed by atoms with van der Waals surface area (Å²) in [6.45, 7) is 0. The number of nitrogens with one attached hydrogen (secondary N) is 2. The Bertz CT molecular complexity index is 664. The summed E-state index contributed by atoms with van der Waals surface area (Å²) in [5.41, 5.74) is 1.66. The van der Waals surface area contributed by atoms with E-state index in [1.54, 1.807) is 7.11 Å². The Morgan fingerprint density at radius 1 is 1.09 bits per heavy atom. The number of urea groups is 1. The van der Waals surface area contributed by atoms with E-state index >= 15 is 0 Å². The van der Waals surface area contributed by atoms with Crippen LogP contribution in [-0.4, -0.2) is 13.1 Å². The molecule has 0 spiro atoms. The molecule has 0 atom stereocenters. The van der Waals surface area contributed by atoms with Gasteiger partial charge < -0.3 is 15.4 Å². The first-order valence-electron chi connectivity index (χ1n) is 7.11. The van der Waals surface area contributed by atoms with Gasteiger partial charge in [-0.15, -0.1) is 0 Å². The summed E-state index contributed by atoms with van der Waals surface area (Å²) in [4.78, 5) is 12.2. The standard InChI is InChI=1S/C17H17BrN2O2/c1-22-15-8-6-14(7-9-15)19-16(21)20-17(10-11-17)12-2-4-13(18)5-3-12/h2-9H,10-11H2,1H3,(H2,19,20,21). The van der Waals surface area contributed by atoms with E-state index in [0.29, 0.717) is 0 Å². The predicted octanol–water partition coefficient (Wildman–Crippen LogP) is 4.27. The maximum Gasteiger partial charge on any atom is 0.319 e. The molecule has 2 aromatic rings. The van der Waals surface area contributed by atoms with Crippen molar-refractivity contribution in [2.75, 3.05) is 12.4 Å². The van der Waals surface area contributed by atoms with Crippen LogP contribution in [0, 0.1) is 0 Å². The molecule has 22 heavy (non-hydrogen) atoms. The first-order valence-corrected chi connectivity index (χ1v) is 7.90. The zero-order valence-electron chi connectivity index (χ0n) is 12.2. The molecule has 0 aromatic heterocycles. The van der Waals surface area contributed by atoms with Crippen molar-refractivity contribution in [2.24, 2.45) is 0 Å². The fourth-order valence-corrected chi connectivity index (χ4v) is 2.70. The van der Waals surface area contributed by atoms with Crippen molar-refractivity contribution in [3.8, 4) is 5.75 Å². The lowest BCUT2D eigenvalue weighted by Crippen LogP contribution is -2.38. The van der Waals surface area contributed by atoms with E-state index in [0.717, 1.165) is 34.3 Å². The van der Waals surface area contributed by atoms with Gasteiger partial charge in [0.15, 0.2) is 0 Å². The minimum absolute atomic E-state index is 0.189. The molecule has 0 heterocycles. The van der Waals surface area contributed by atoms with Gasteiger partial charge in [0, 0.05) is 10.2 Å². The fourth-order valence-electron chi connectivity index (χ4n) is 2.43. The molecule has 1 aliphatic rings. The van der Waals surface area contributed by atoms with E-state index < -0.39 is 0 Å². The lowest BCUT2D eigenvalue weighted by Gasteiger charge is -2.18. The Labute approximate surface area is 138 Å². The van der Waals surface area contributed by atoms with Crippen LogP contribution in [0.25, 0.3) is 0 Å². The number of halogens is 1. The number of benzene rings is 2. The monoisotopic (exact) mass is 360 g/mol. The normalized spacial score (nSPS) is 15.0. The zero-order valence-corrected chi connectivity index (χ0v) is 13.8. The second-order valence-electron chi connectivity index (χ2n) is 5.40. The molecule has 0 saturated heterocycles. The molecule has 0 aliphatic heterocycles. The van der Waals surface area contributed by atoms with Crippen molar-refractivity contribution in [3.05, 3.63) is 58.6 Å². The van der Waals surface area contributed by atoms with Crippen molar-refractivity contribution in [1.29, 1.82) is 0 Å². The molecule has 2 aromatic carbocycles. The van der Waals surface area contributed by atoms with Gasteiger partial charge in [0.2, 0.25) is 0 Å². The lowest BCUT2D eigenvalue weighted by atomic mass is 10.1. The van der Waals surface area contributed by atoms with Crippen molar-refractivity contribution >= 4 is 27.6 Å². The molecule has 1 saturated carbocycles. The third-order valence-electron chi connectivity index (χ3n) is 3.85. The molecule has 4 nitrogen and oxygen atoms in total. The van der Waals surface area contributed by atoms with Crippen molar-refractivity contribution in [2.45, 2.75) is 18.4 Å². The third kappa shape index (κ3) is 3.25. The van der Waals surface area contributed by atoms with E-state index in [2.05, 4.69) is 26.6 Å². The van der Waals surface area contributed by atoms with Crippen LogP contribution in [0.2, 0.25) is 0 Å². The maximum atomic E-state index is 12.2. The largest absolute Gasteiger partial charge is 0.497 e. The number of carbonyl (C=O) groups is 1. The van der Waals surface area contributed by atoms with Crippen LogP contribution in [0.4, 0.5) is 10.5 Å². The highest BCUT2D eigenvalue weighted by Gasteiger charge is 2.45. The number of ether oxygens (including phenoxy) is 1. The highest BCUT2D eigenvalue weighted by molar-refractivity contribution is 9.10. The van der Waals surface area contributed by atoms with E-state index in [9.17, 15) is 4.79 Å². The van der Waals surface area contributed by atoms with Crippen LogP contribution < -0.4 is 15.4 Å². The number of methoxy groups -OCH3 is 1. The topological polar surface area (TPSA) is 50.4 Å². The second kappa shape index (κ2) is 6.01. The number of amides is 2. The number of carbonyl (C=O) groups excluding carboxylic acids is 1. The van der Waals surface area contributed by atoms with Crippen LogP contribution in [0.5, 0.6) is 5.75 Å². The first kappa shape index (κ1) is 14.9. The molecule has 2 N–H and O–H groups in total. The number of hydrogen-bond donors (Lipinski definition) is 2. The molecule has 5 heteroatoms. The molecule has 114 valence electrons. The number of rotatable bonds is 4. The number of anilines is 1. The van der Waals surface area contributed by atoms with Crippen LogP contribution in [0.3, 0.4) is 0 Å². The summed E-state index contributed by atoms with van der Waals surface area (Å²) < 4.78 is 6.14. The molecule has 1 fully saturated rings. The van der Waals surface area contributed by atoms with Gasteiger partial charge in [0.25, 0.3) is 0 Å². The van der Waals surface area contributed by atoms with Gasteiger partial charge in [-0.2, -0.15) is 0 Å². The van der Waals surface area contributed by atoms with E-state index in [1.165, 1.54) is 0 Å². The Balaban J connectivity index is 1.64. The van der Waals surface area contributed by atoms with Crippen LogP contribution in [-0.2, 0) is 5.54 Å².